The molecule has 0 N–H and O–H groups in total. The number of Topliss-reactive ketones (excluding diaryl/α,β-unsaturated/α-hetero) is 1. The molecule has 3 saturated carbocycles. The van der Waals surface area contributed by atoms with E-state index in [0.717, 1.165) is 24.7 Å². The van der Waals surface area contributed by atoms with Crippen molar-refractivity contribution in [1.82, 2.24) is 0 Å². The van der Waals surface area contributed by atoms with Gasteiger partial charge in [0.2, 0.25) is 0 Å². The molecule has 0 aliphatic heterocycles. The summed E-state index contributed by atoms with van der Waals surface area (Å²) in [6.45, 7) is 9.84. The van der Waals surface area contributed by atoms with Crippen LogP contribution in [0.15, 0.2) is 11.6 Å². The number of rotatable bonds is 0. The van der Waals surface area contributed by atoms with Gasteiger partial charge in [-0.1, -0.05) is 39.3 Å². The fourth-order valence-electron chi connectivity index (χ4n) is 6.76. The molecule has 4 aliphatic carbocycles. The van der Waals surface area contributed by atoms with Gasteiger partial charge in [-0.05, 0) is 72.5 Å². The monoisotopic (exact) mass is 300 g/mol. The second-order valence-corrected chi connectivity index (χ2v) is 10.2. The summed E-state index contributed by atoms with van der Waals surface area (Å²) in [4.78, 5) is 12.1. The number of allylic oxidation sites excluding steroid dienone is 2. The van der Waals surface area contributed by atoms with E-state index in [1.807, 2.05) is 0 Å². The highest BCUT2D eigenvalue weighted by atomic mass is 16.1. The van der Waals surface area contributed by atoms with Crippen molar-refractivity contribution in [3.63, 3.8) is 0 Å². The van der Waals surface area contributed by atoms with Crippen LogP contribution >= 0.6 is 0 Å². The predicted octanol–water partition coefficient (Wildman–Crippen LogP) is 5.54. The van der Waals surface area contributed by atoms with E-state index in [4.69, 9.17) is 0 Å². The van der Waals surface area contributed by atoms with E-state index in [1.54, 1.807) is 5.57 Å². The number of carbonyl (C=O) groups excluding carboxylic acids is 1. The van der Waals surface area contributed by atoms with Gasteiger partial charge in [0.15, 0.2) is 0 Å². The van der Waals surface area contributed by atoms with Crippen LogP contribution < -0.4 is 0 Å². The molecule has 1 nitrogen and oxygen atoms in total. The van der Waals surface area contributed by atoms with Crippen molar-refractivity contribution in [3.8, 4) is 0 Å². The van der Waals surface area contributed by atoms with Crippen molar-refractivity contribution in [3.05, 3.63) is 11.6 Å². The first kappa shape index (κ1) is 15.0. The minimum atomic E-state index is 0.327. The Balaban J connectivity index is 1.68. The summed E-state index contributed by atoms with van der Waals surface area (Å²) in [5.41, 5.74) is 3.02. The van der Waals surface area contributed by atoms with Crippen LogP contribution in [0, 0.1) is 34.0 Å². The molecule has 0 saturated heterocycles. The summed E-state index contributed by atoms with van der Waals surface area (Å²) in [7, 11) is 0. The van der Waals surface area contributed by atoms with Gasteiger partial charge in [0.05, 0.1) is 0 Å². The maximum absolute atomic E-state index is 12.1. The van der Waals surface area contributed by atoms with Crippen molar-refractivity contribution >= 4 is 5.78 Å². The van der Waals surface area contributed by atoms with Crippen molar-refractivity contribution in [2.45, 2.75) is 79.1 Å². The standard InChI is InChI=1S/C21H32O/c1-19(2)9-10-21(4)14(12-19)5-6-16-17(21)7-8-20(3)13-15(22)11-18(16)20/h5,16-18H,6-13H2,1-4H3/t16-,17+,18+,20-,21+/m1/s1. The van der Waals surface area contributed by atoms with E-state index in [9.17, 15) is 4.79 Å². The molecule has 0 radical (unpaired) electrons. The Hall–Kier alpha value is -0.590. The minimum absolute atomic E-state index is 0.327. The molecule has 122 valence electrons. The van der Waals surface area contributed by atoms with Crippen molar-refractivity contribution < 1.29 is 4.79 Å². The molecule has 0 spiro atoms. The summed E-state index contributed by atoms with van der Waals surface area (Å²) in [5, 5.41) is 0. The molecule has 3 fully saturated rings. The van der Waals surface area contributed by atoms with Crippen LogP contribution in [-0.2, 0) is 4.79 Å². The largest absolute Gasteiger partial charge is 0.300 e. The molecule has 0 aromatic heterocycles. The van der Waals surface area contributed by atoms with Gasteiger partial charge in [0.25, 0.3) is 0 Å². The van der Waals surface area contributed by atoms with E-state index >= 15 is 0 Å². The van der Waals surface area contributed by atoms with Crippen molar-refractivity contribution in [2.24, 2.45) is 34.0 Å². The van der Waals surface area contributed by atoms with E-state index in [0.29, 0.717) is 27.9 Å². The maximum Gasteiger partial charge on any atom is 0.133 e. The molecule has 0 unspecified atom stereocenters. The van der Waals surface area contributed by atoms with Crippen molar-refractivity contribution in [2.75, 3.05) is 0 Å². The third-order valence-corrected chi connectivity index (χ3v) is 8.18. The lowest BCUT2D eigenvalue weighted by atomic mass is 9.46. The van der Waals surface area contributed by atoms with E-state index < -0.39 is 0 Å². The van der Waals surface area contributed by atoms with Gasteiger partial charge in [-0.2, -0.15) is 0 Å². The van der Waals surface area contributed by atoms with Crippen LogP contribution in [0.25, 0.3) is 0 Å². The van der Waals surface area contributed by atoms with Crippen molar-refractivity contribution in [1.29, 1.82) is 0 Å². The van der Waals surface area contributed by atoms with Crippen LogP contribution in [0.4, 0.5) is 0 Å². The van der Waals surface area contributed by atoms with Gasteiger partial charge < -0.3 is 0 Å². The third kappa shape index (κ3) is 2.00. The minimum Gasteiger partial charge on any atom is -0.300 e. The van der Waals surface area contributed by atoms with Gasteiger partial charge in [0, 0.05) is 12.8 Å². The molecule has 0 amide bonds. The lowest BCUT2D eigenvalue weighted by molar-refractivity contribution is -0.118. The summed E-state index contributed by atoms with van der Waals surface area (Å²) in [6, 6.07) is 0. The Morgan fingerprint density at radius 2 is 1.77 bits per heavy atom. The lowest BCUT2D eigenvalue weighted by Gasteiger charge is -2.58. The van der Waals surface area contributed by atoms with E-state index in [1.165, 1.54) is 38.5 Å². The Kier molecular flexibility index (Phi) is 3.05. The molecule has 0 aromatic carbocycles. The average molecular weight is 300 g/mol. The van der Waals surface area contributed by atoms with Crippen LogP contribution in [-0.4, -0.2) is 5.78 Å². The second-order valence-electron chi connectivity index (χ2n) is 10.2. The molecule has 5 atom stereocenters. The van der Waals surface area contributed by atoms with Gasteiger partial charge in [-0.3, -0.25) is 4.79 Å². The number of hydrogen-bond acceptors (Lipinski definition) is 1. The molecule has 0 aromatic rings. The molecule has 4 rings (SSSR count). The number of carbonyl (C=O) groups is 1. The first-order valence-electron chi connectivity index (χ1n) is 9.45. The SMILES string of the molecule is CC1(C)CC[C@@]2(C)C(=CC[C@H]3[C@@H]4CC(=O)C[C@@]4(C)CC[C@@H]32)C1. The topological polar surface area (TPSA) is 17.1 Å². The molecule has 1 heteroatoms. The van der Waals surface area contributed by atoms with Gasteiger partial charge in [0.1, 0.15) is 5.78 Å². The fraction of sp³-hybridized carbons (Fsp3) is 0.857. The number of ketones is 1. The average Bonchev–Trinajstić information content (AvgIpc) is 2.74. The van der Waals surface area contributed by atoms with Gasteiger partial charge in [-0.15, -0.1) is 0 Å². The quantitative estimate of drug-likeness (QED) is 0.536. The Bertz CT molecular complexity index is 542. The van der Waals surface area contributed by atoms with Crippen LogP contribution in [0.5, 0.6) is 0 Å². The van der Waals surface area contributed by atoms with Gasteiger partial charge in [-0.25, -0.2) is 0 Å². The third-order valence-electron chi connectivity index (χ3n) is 8.18. The first-order valence-corrected chi connectivity index (χ1v) is 9.45. The number of fused-ring (bicyclic) bond motifs is 5. The maximum atomic E-state index is 12.1. The van der Waals surface area contributed by atoms with Gasteiger partial charge >= 0.3 is 0 Å². The summed E-state index contributed by atoms with van der Waals surface area (Å²) >= 11 is 0. The molecule has 0 bridgehead atoms. The Morgan fingerprint density at radius 3 is 2.55 bits per heavy atom. The smallest absolute Gasteiger partial charge is 0.133 e. The normalized spacial score (nSPS) is 49.9. The predicted molar refractivity (Wildman–Crippen MR) is 90.5 cm³/mol. The molecule has 0 heterocycles. The lowest BCUT2D eigenvalue weighted by Crippen LogP contribution is -2.49. The highest BCUT2D eigenvalue weighted by Crippen LogP contribution is 2.65. The zero-order chi connectivity index (χ0) is 15.8. The summed E-state index contributed by atoms with van der Waals surface area (Å²) in [5.74, 6) is 2.83. The number of hydrogen-bond donors (Lipinski definition) is 0. The van der Waals surface area contributed by atoms with Crippen LogP contribution in [0.3, 0.4) is 0 Å². The first-order chi connectivity index (χ1) is 10.2. The molecule has 22 heavy (non-hydrogen) atoms. The Morgan fingerprint density at radius 1 is 1.00 bits per heavy atom. The zero-order valence-electron chi connectivity index (χ0n) is 14.9. The van der Waals surface area contributed by atoms with Crippen LogP contribution in [0.2, 0.25) is 0 Å². The van der Waals surface area contributed by atoms with E-state index in [2.05, 4.69) is 33.8 Å². The van der Waals surface area contributed by atoms with Crippen LogP contribution in [0.1, 0.15) is 79.1 Å². The molecule has 4 aliphatic rings. The fourth-order valence-corrected chi connectivity index (χ4v) is 6.76. The highest BCUT2D eigenvalue weighted by molar-refractivity contribution is 5.82. The second kappa shape index (κ2) is 4.48. The highest BCUT2D eigenvalue weighted by Gasteiger charge is 2.57. The zero-order valence-corrected chi connectivity index (χ0v) is 14.9. The summed E-state index contributed by atoms with van der Waals surface area (Å²) in [6.07, 6.45) is 12.3. The molecular formula is C21H32O. The molecular weight excluding hydrogens is 268 g/mol. The Labute approximate surface area is 135 Å². The van der Waals surface area contributed by atoms with E-state index in [-0.39, 0.29) is 0 Å². The summed E-state index contributed by atoms with van der Waals surface area (Å²) < 4.78 is 0.